The van der Waals surface area contributed by atoms with Crippen molar-refractivity contribution in [2.24, 2.45) is 0 Å². The molecule has 0 atom stereocenters. The molecule has 0 aliphatic carbocycles. The molecular formula is C17H13N3O. The third kappa shape index (κ3) is 2.37. The topological polar surface area (TPSA) is 71.9 Å². The average molecular weight is 275 g/mol. The molecule has 0 radical (unpaired) electrons. The van der Waals surface area contributed by atoms with Crippen LogP contribution in [0.1, 0.15) is 11.1 Å². The predicted octanol–water partition coefficient (Wildman–Crippen LogP) is 3.79. The van der Waals surface area contributed by atoms with Gasteiger partial charge in [-0.25, -0.2) is 4.98 Å². The number of anilines is 1. The van der Waals surface area contributed by atoms with Crippen molar-refractivity contribution in [3.8, 4) is 17.7 Å². The molecule has 0 saturated heterocycles. The molecule has 3 rings (SSSR count). The maximum atomic E-state index is 9.28. The van der Waals surface area contributed by atoms with E-state index >= 15 is 0 Å². The highest BCUT2D eigenvalue weighted by Gasteiger charge is 2.10. The van der Waals surface area contributed by atoms with Crippen LogP contribution in [0.4, 0.5) is 5.69 Å². The first kappa shape index (κ1) is 12.9. The number of ether oxygens (including phenoxy) is 1. The number of hydrogen-bond acceptors (Lipinski definition) is 4. The normalized spacial score (nSPS) is 10.3. The quantitative estimate of drug-likeness (QED) is 0.722. The van der Waals surface area contributed by atoms with Crippen LogP contribution in [0.15, 0.2) is 48.5 Å². The summed E-state index contributed by atoms with van der Waals surface area (Å²) in [6.45, 7) is 1.91. The number of fused-ring (bicyclic) bond motifs is 1. The van der Waals surface area contributed by atoms with Gasteiger partial charge in [0.2, 0.25) is 5.88 Å². The van der Waals surface area contributed by atoms with E-state index in [1.165, 1.54) is 0 Å². The van der Waals surface area contributed by atoms with Crippen LogP contribution in [-0.2, 0) is 0 Å². The minimum Gasteiger partial charge on any atom is -0.437 e. The standard InChI is InChI=1S/C17H13N3O/c1-11-5-4-7-14(19)17(11)21-16-9-12(10-18)13-6-2-3-8-15(13)20-16/h2-9H,19H2,1H3. The molecular weight excluding hydrogens is 262 g/mol. The van der Waals surface area contributed by atoms with E-state index in [9.17, 15) is 5.26 Å². The number of nitrogens with zero attached hydrogens (tertiary/aromatic N) is 2. The largest absolute Gasteiger partial charge is 0.437 e. The monoisotopic (exact) mass is 275 g/mol. The van der Waals surface area contributed by atoms with Gasteiger partial charge in [0.25, 0.3) is 0 Å². The zero-order chi connectivity index (χ0) is 14.8. The lowest BCUT2D eigenvalue weighted by Crippen LogP contribution is -1.97. The molecule has 2 aromatic carbocycles. The fourth-order valence-electron chi connectivity index (χ4n) is 2.22. The minimum absolute atomic E-state index is 0.367. The van der Waals surface area contributed by atoms with Crippen molar-refractivity contribution in [1.29, 1.82) is 5.26 Å². The molecule has 0 fully saturated rings. The molecule has 4 heteroatoms. The Morgan fingerprint density at radius 3 is 2.71 bits per heavy atom. The third-order valence-electron chi connectivity index (χ3n) is 3.26. The first-order valence-corrected chi connectivity index (χ1v) is 6.52. The fraction of sp³-hybridized carbons (Fsp3) is 0.0588. The van der Waals surface area contributed by atoms with Crippen LogP contribution in [-0.4, -0.2) is 4.98 Å². The summed E-state index contributed by atoms with van der Waals surface area (Å²) in [7, 11) is 0. The van der Waals surface area contributed by atoms with Crippen molar-refractivity contribution >= 4 is 16.6 Å². The molecule has 102 valence electrons. The molecule has 0 aliphatic heterocycles. The van der Waals surface area contributed by atoms with Gasteiger partial charge in [-0.05, 0) is 24.6 Å². The van der Waals surface area contributed by atoms with Crippen LogP contribution in [0.25, 0.3) is 10.9 Å². The molecule has 0 amide bonds. The number of pyridine rings is 1. The van der Waals surface area contributed by atoms with Crippen LogP contribution in [0.2, 0.25) is 0 Å². The predicted molar refractivity (Wildman–Crippen MR) is 82.1 cm³/mol. The molecule has 2 N–H and O–H groups in total. The van der Waals surface area contributed by atoms with Crippen molar-refractivity contribution in [2.75, 3.05) is 5.73 Å². The number of aryl methyl sites for hydroxylation is 1. The molecule has 0 unspecified atom stereocenters. The van der Waals surface area contributed by atoms with Crippen molar-refractivity contribution in [2.45, 2.75) is 6.92 Å². The van der Waals surface area contributed by atoms with E-state index in [1.807, 2.05) is 43.3 Å². The van der Waals surface area contributed by atoms with E-state index in [1.54, 1.807) is 12.1 Å². The Morgan fingerprint density at radius 1 is 1.14 bits per heavy atom. The molecule has 4 nitrogen and oxygen atoms in total. The molecule has 1 heterocycles. The summed E-state index contributed by atoms with van der Waals surface area (Å²) in [5.74, 6) is 0.940. The van der Waals surface area contributed by atoms with Gasteiger partial charge in [-0.3, -0.25) is 0 Å². The number of hydrogen-bond donors (Lipinski definition) is 1. The van der Waals surface area contributed by atoms with Crippen molar-refractivity contribution in [1.82, 2.24) is 4.98 Å². The lowest BCUT2D eigenvalue weighted by molar-refractivity contribution is 0.464. The van der Waals surface area contributed by atoms with Crippen LogP contribution < -0.4 is 10.5 Å². The number of rotatable bonds is 2. The van der Waals surface area contributed by atoms with Crippen molar-refractivity contribution < 1.29 is 4.74 Å². The zero-order valence-corrected chi connectivity index (χ0v) is 11.5. The molecule has 0 saturated carbocycles. The second-order valence-electron chi connectivity index (χ2n) is 4.73. The Bertz CT molecular complexity index is 845. The Kier molecular flexibility index (Phi) is 3.17. The van der Waals surface area contributed by atoms with Crippen LogP contribution >= 0.6 is 0 Å². The van der Waals surface area contributed by atoms with E-state index in [4.69, 9.17) is 10.5 Å². The lowest BCUT2D eigenvalue weighted by Gasteiger charge is -2.11. The summed E-state index contributed by atoms with van der Waals surface area (Å²) in [5, 5.41) is 10.1. The SMILES string of the molecule is Cc1cccc(N)c1Oc1cc(C#N)c2ccccc2n1. The Hall–Kier alpha value is -3.06. The van der Waals surface area contributed by atoms with E-state index in [-0.39, 0.29) is 0 Å². The number of aromatic nitrogens is 1. The lowest BCUT2D eigenvalue weighted by atomic mass is 10.1. The highest BCUT2D eigenvalue weighted by atomic mass is 16.5. The summed E-state index contributed by atoms with van der Waals surface area (Å²) in [6, 6.07) is 16.8. The fourth-order valence-corrected chi connectivity index (χ4v) is 2.22. The maximum absolute atomic E-state index is 9.28. The van der Waals surface area contributed by atoms with Gasteiger partial charge in [-0.1, -0.05) is 30.3 Å². The summed E-state index contributed by atoms with van der Waals surface area (Å²) in [4.78, 5) is 4.43. The number of nitrogens with two attached hydrogens (primary N) is 1. The molecule has 21 heavy (non-hydrogen) atoms. The van der Waals surface area contributed by atoms with Gasteiger partial charge < -0.3 is 10.5 Å². The summed E-state index contributed by atoms with van der Waals surface area (Å²) >= 11 is 0. The van der Waals surface area contributed by atoms with Crippen LogP contribution in [0, 0.1) is 18.3 Å². The van der Waals surface area contributed by atoms with E-state index < -0.39 is 0 Å². The molecule has 0 aliphatic rings. The number of benzene rings is 2. The number of nitriles is 1. The van der Waals surface area contributed by atoms with Gasteiger partial charge in [0.1, 0.15) is 6.07 Å². The van der Waals surface area contributed by atoms with Gasteiger partial charge >= 0.3 is 0 Å². The molecule has 0 spiro atoms. The zero-order valence-electron chi connectivity index (χ0n) is 11.5. The molecule has 1 aromatic heterocycles. The van der Waals surface area contributed by atoms with E-state index in [2.05, 4.69) is 11.1 Å². The minimum atomic E-state index is 0.367. The highest BCUT2D eigenvalue weighted by molar-refractivity contribution is 5.85. The Labute approximate surface area is 122 Å². The number of nitrogen functional groups attached to an aromatic ring is 1. The van der Waals surface area contributed by atoms with Crippen molar-refractivity contribution in [3.63, 3.8) is 0 Å². The number of para-hydroxylation sites is 2. The van der Waals surface area contributed by atoms with E-state index in [0.29, 0.717) is 22.9 Å². The maximum Gasteiger partial charge on any atom is 0.221 e. The van der Waals surface area contributed by atoms with Crippen LogP contribution in [0.3, 0.4) is 0 Å². The second kappa shape index (κ2) is 5.14. The van der Waals surface area contributed by atoms with Gasteiger partial charge in [0, 0.05) is 11.5 Å². The van der Waals surface area contributed by atoms with E-state index in [0.717, 1.165) is 16.5 Å². The van der Waals surface area contributed by atoms with Crippen LogP contribution in [0.5, 0.6) is 11.6 Å². The van der Waals surface area contributed by atoms with Gasteiger partial charge in [-0.2, -0.15) is 5.26 Å². The van der Waals surface area contributed by atoms with Gasteiger partial charge in [-0.15, -0.1) is 0 Å². The van der Waals surface area contributed by atoms with Gasteiger partial charge in [0.05, 0.1) is 16.8 Å². The molecule has 3 aromatic rings. The summed E-state index contributed by atoms with van der Waals surface area (Å²) in [5.41, 5.74) is 8.65. The third-order valence-corrected chi connectivity index (χ3v) is 3.26. The van der Waals surface area contributed by atoms with Gasteiger partial charge in [0.15, 0.2) is 5.75 Å². The second-order valence-corrected chi connectivity index (χ2v) is 4.73. The Balaban J connectivity index is 2.12. The first-order valence-electron chi connectivity index (χ1n) is 6.52. The van der Waals surface area contributed by atoms with Crippen molar-refractivity contribution in [3.05, 3.63) is 59.7 Å². The molecule has 0 bridgehead atoms. The smallest absolute Gasteiger partial charge is 0.221 e. The first-order chi connectivity index (χ1) is 10.2. The highest BCUT2D eigenvalue weighted by Crippen LogP contribution is 2.31. The summed E-state index contributed by atoms with van der Waals surface area (Å²) < 4.78 is 5.80. The summed E-state index contributed by atoms with van der Waals surface area (Å²) in [6.07, 6.45) is 0. The Morgan fingerprint density at radius 2 is 1.95 bits per heavy atom. The average Bonchev–Trinajstić information content (AvgIpc) is 2.50.